The number of ether oxygens (including phenoxy) is 3. The molecule has 0 saturated carbocycles. The van der Waals surface area contributed by atoms with E-state index in [9.17, 15) is 4.79 Å². The van der Waals surface area contributed by atoms with Crippen LogP contribution in [0, 0.1) is 6.92 Å². The molecule has 6 heteroatoms. The van der Waals surface area contributed by atoms with Crippen molar-refractivity contribution in [3.8, 4) is 17.2 Å². The molecular formula is C25H34N2O4. The van der Waals surface area contributed by atoms with E-state index in [0.29, 0.717) is 29.4 Å². The molecule has 1 aliphatic heterocycles. The number of hydrogen-bond acceptors (Lipinski definition) is 5. The first-order chi connectivity index (χ1) is 15.1. The van der Waals surface area contributed by atoms with Crippen LogP contribution in [0.15, 0.2) is 36.4 Å². The SMILES string of the molecule is COc1cc(C(=O)NCC(c2ccc(C)cc2)N2CCCCCC2)cc(OC)c1OC. The molecule has 1 saturated heterocycles. The highest BCUT2D eigenvalue weighted by Gasteiger charge is 2.23. The molecule has 3 rings (SSSR count). The van der Waals surface area contributed by atoms with Gasteiger partial charge in [0.25, 0.3) is 5.91 Å². The van der Waals surface area contributed by atoms with Crippen molar-refractivity contribution in [1.82, 2.24) is 10.2 Å². The smallest absolute Gasteiger partial charge is 0.251 e. The number of hydrogen-bond donors (Lipinski definition) is 1. The maximum atomic E-state index is 13.0. The molecule has 0 radical (unpaired) electrons. The third-order valence-electron chi connectivity index (χ3n) is 5.93. The van der Waals surface area contributed by atoms with E-state index in [0.717, 1.165) is 13.1 Å². The Labute approximate surface area is 185 Å². The number of rotatable bonds is 8. The average Bonchev–Trinajstić information content (AvgIpc) is 3.08. The van der Waals surface area contributed by atoms with Crippen molar-refractivity contribution in [2.45, 2.75) is 38.6 Å². The van der Waals surface area contributed by atoms with Crippen LogP contribution in [-0.2, 0) is 0 Å². The number of carbonyl (C=O) groups excluding carboxylic acids is 1. The van der Waals surface area contributed by atoms with E-state index < -0.39 is 0 Å². The topological polar surface area (TPSA) is 60.0 Å². The zero-order valence-corrected chi connectivity index (χ0v) is 19.1. The molecule has 2 aromatic rings. The van der Waals surface area contributed by atoms with Crippen LogP contribution in [0.4, 0.5) is 0 Å². The molecule has 0 aliphatic carbocycles. The summed E-state index contributed by atoms with van der Waals surface area (Å²) < 4.78 is 16.1. The fourth-order valence-electron chi connectivity index (χ4n) is 4.16. The lowest BCUT2D eigenvalue weighted by Crippen LogP contribution is -2.38. The molecule has 2 aromatic carbocycles. The fraction of sp³-hybridized carbons (Fsp3) is 0.480. The molecule has 6 nitrogen and oxygen atoms in total. The average molecular weight is 427 g/mol. The van der Waals surface area contributed by atoms with Crippen molar-refractivity contribution >= 4 is 5.91 Å². The van der Waals surface area contributed by atoms with Gasteiger partial charge in [0.2, 0.25) is 5.75 Å². The second kappa shape index (κ2) is 11.0. The molecule has 168 valence electrons. The molecule has 0 bridgehead atoms. The van der Waals surface area contributed by atoms with Gasteiger partial charge in [-0.25, -0.2) is 0 Å². The summed E-state index contributed by atoms with van der Waals surface area (Å²) in [6, 6.07) is 12.1. The van der Waals surface area contributed by atoms with Crippen molar-refractivity contribution in [3.63, 3.8) is 0 Å². The first kappa shape index (κ1) is 22.9. The largest absolute Gasteiger partial charge is 0.493 e. The summed E-state index contributed by atoms with van der Waals surface area (Å²) in [5, 5.41) is 3.14. The monoisotopic (exact) mass is 426 g/mol. The molecule has 1 N–H and O–H groups in total. The van der Waals surface area contributed by atoms with Gasteiger partial charge in [-0.05, 0) is 50.6 Å². The summed E-state index contributed by atoms with van der Waals surface area (Å²) in [7, 11) is 4.64. The molecule has 1 atom stereocenters. The Balaban J connectivity index is 1.80. The minimum Gasteiger partial charge on any atom is -0.493 e. The third kappa shape index (κ3) is 5.70. The highest BCUT2D eigenvalue weighted by atomic mass is 16.5. The summed E-state index contributed by atoms with van der Waals surface area (Å²) in [4.78, 5) is 15.5. The Hall–Kier alpha value is -2.73. The molecular weight excluding hydrogens is 392 g/mol. The van der Waals surface area contributed by atoms with E-state index in [1.165, 1.54) is 36.8 Å². The van der Waals surface area contributed by atoms with Gasteiger partial charge < -0.3 is 19.5 Å². The minimum absolute atomic E-state index is 0.143. The summed E-state index contributed by atoms with van der Waals surface area (Å²) >= 11 is 0. The Morgan fingerprint density at radius 1 is 0.935 bits per heavy atom. The lowest BCUT2D eigenvalue weighted by atomic mass is 10.0. The molecule has 1 fully saturated rings. The lowest BCUT2D eigenvalue weighted by molar-refractivity contribution is 0.0932. The quantitative estimate of drug-likeness (QED) is 0.679. The van der Waals surface area contributed by atoms with Crippen LogP contribution in [0.25, 0.3) is 0 Å². The van der Waals surface area contributed by atoms with Crippen LogP contribution >= 0.6 is 0 Å². The highest BCUT2D eigenvalue weighted by molar-refractivity contribution is 5.95. The van der Waals surface area contributed by atoms with Gasteiger partial charge in [-0.15, -0.1) is 0 Å². The highest BCUT2D eigenvalue weighted by Crippen LogP contribution is 2.38. The van der Waals surface area contributed by atoms with Gasteiger partial charge in [-0.1, -0.05) is 42.7 Å². The molecule has 0 aromatic heterocycles. The van der Waals surface area contributed by atoms with Gasteiger partial charge in [0, 0.05) is 12.1 Å². The summed E-state index contributed by atoms with van der Waals surface area (Å²) in [6.45, 7) is 4.74. The van der Waals surface area contributed by atoms with Gasteiger partial charge in [0.1, 0.15) is 0 Å². The van der Waals surface area contributed by atoms with Crippen molar-refractivity contribution < 1.29 is 19.0 Å². The first-order valence-corrected chi connectivity index (χ1v) is 11.0. The van der Waals surface area contributed by atoms with Crippen molar-refractivity contribution in [2.75, 3.05) is 41.0 Å². The number of methoxy groups -OCH3 is 3. The van der Waals surface area contributed by atoms with Gasteiger partial charge in [0.15, 0.2) is 11.5 Å². The van der Waals surface area contributed by atoms with Crippen molar-refractivity contribution in [2.24, 2.45) is 0 Å². The zero-order valence-electron chi connectivity index (χ0n) is 19.1. The van der Waals surface area contributed by atoms with Crippen LogP contribution in [-0.4, -0.2) is 51.8 Å². The number of likely N-dealkylation sites (tertiary alicyclic amines) is 1. The predicted octanol–water partition coefficient (Wildman–Crippen LogP) is 4.37. The normalized spacial score (nSPS) is 15.6. The van der Waals surface area contributed by atoms with Crippen molar-refractivity contribution in [3.05, 3.63) is 53.1 Å². The Morgan fingerprint density at radius 2 is 1.52 bits per heavy atom. The Morgan fingerprint density at radius 3 is 2.03 bits per heavy atom. The molecule has 1 heterocycles. The van der Waals surface area contributed by atoms with Gasteiger partial charge in [-0.2, -0.15) is 0 Å². The minimum atomic E-state index is -0.161. The number of aryl methyl sites for hydroxylation is 1. The second-order valence-corrected chi connectivity index (χ2v) is 8.00. The summed E-state index contributed by atoms with van der Waals surface area (Å²) in [5.74, 6) is 1.25. The standard InChI is InChI=1S/C25H34N2O4/c1-18-9-11-19(12-10-18)21(27-13-7-5-6-8-14-27)17-26-25(28)20-15-22(29-2)24(31-4)23(16-20)30-3/h9-12,15-16,21H,5-8,13-14,17H2,1-4H3,(H,26,28). The second-order valence-electron chi connectivity index (χ2n) is 8.00. The van der Waals surface area contributed by atoms with E-state index in [1.54, 1.807) is 33.5 Å². The zero-order chi connectivity index (χ0) is 22.2. The summed E-state index contributed by atoms with van der Waals surface area (Å²) in [5.41, 5.74) is 2.95. The maximum Gasteiger partial charge on any atom is 0.251 e. The fourth-order valence-corrected chi connectivity index (χ4v) is 4.16. The van der Waals surface area contributed by atoms with E-state index in [2.05, 4.69) is 41.4 Å². The molecule has 1 aliphatic rings. The third-order valence-corrected chi connectivity index (χ3v) is 5.93. The van der Waals surface area contributed by atoms with Gasteiger partial charge >= 0.3 is 0 Å². The van der Waals surface area contributed by atoms with Gasteiger partial charge in [0.05, 0.1) is 27.4 Å². The first-order valence-electron chi connectivity index (χ1n) is 11.0. The lowest BCUT2D eigenvalue weighted by Gasteiger charge is -2.31. The summed E-state index contributed by atoms with van der Waals surface area (Å²) in [6.07, 6.45) is 4.94. The van der Waals surface area contributed by atoms with E-state index >= 15 is 0 Å². The molecule has 0 spiro atoms. The number of benzene rings is 2. The van der Waals surface area contributed by atoms with Crippen LogP contribution in [0.5, 0.6) is 17.2 Å². The van der Waals surface area contributed by atoms with Crippen LogP contribution in [0.1, 0.15) is 53.2 Å². The molecule has 1 amide bonds. The van der Waals surface area contributed by atoms with E-state index in [-0.39, 0.29) is 11.9 Å². The van der Waals surface area contributed by atoms with Crippen LogP contribution in [0.3, 0.4) is 0 Å². The predicted molar refractivity (Wildman–Crippen MR) is 122 cm³/mol. The Kier molecular flexibility index (Phi) is 8.18. The van der Waals surface area contributed by atoms with Crippen LogP contribution in [0.2, 0.25) is 0 Å². The van der Waals surface area contributed by atoms with Gasteiger partial charge in [-0.3, -0.25) is 9.69 Å². The maximum absolute atomic E-state index is 13.0. The number of nitrogens with zero attached hydrogens (tertiary/aromatic N) is 1. The number of amides is 1. The number of carbonyl (C=O) groups is 1. The van der Waals surface area contributed by atoms with Crippen molar-refractivity contribution in [1.29, 1.82) is 0 Å². The molecule has 1 unspecified atom stereocenters. The van der Waals surface area contributed by atoms with E-state index in [4.69, 9.17) is 14.2 Å². The molecule has 31 heavy (non-hydrogen) atoms. The van der Waals surface area contributed by atoms with Crippen LogP contribution < -0.4 is 19.5 Å². The van der Waals surface area contributed by atoms with E-state index in [1.807, 2.05) is 0 Å². The Bertz CT molecular complexity index is 833. The number of nitrogens with one attached hydrogen (secondary N) is 1.